The van der Waals surface area contributed by atoms with Gasteiger partial charge in [0, 0.05) is 41.4 Å². The Balaban J connectivity index is 1.62. The molecule has 0 spiro atoms. The Bertz CT molecular complexity index is 1520. The molecular formula is C31H35N5O. The normalized spacial score (nSPS) is 13.3. The number of hydrogen-bond acceptors (Lipinski definition) is 5. The number of aromatic nitrogens is 4. The van der Waals surface area contributed by atoms with Crippen LogP contribution in [0.3, 0.4) is 0 Å². The second-order valence-electron chi connectivity index (χ2n) is 9.91. The van der Waals surface area contributed by atoms with E-state index in [-0.39, 0.29) is 12.5 Å². The molecule has 0 saturated heterocycles. The average Bonchev–Trinajstić information content (AvgIpc) is 3.32. The Morgan fingerprint density at radius 1 is 0.946 bits per heavy atom. The number of anilines is 1. The maximum absolute atomic E-state index is 9.69. The van der Waals surface area contributed by atoms with Crippen molar-refractivity contribution in [3.05, 3.63) is 78.4 Å². The summed E-state index contributed by atoms with van der Waals surface area (Å²) in [6.45, 7) is 6.69. The number of aliphatic hydroxyl groups excluding tert-OH is 1. The first-order valence-electron chi connectivity index (χ1n) is 13.2. The van der Waals surface area contributed by atoms with E-state index in [1.807, 2.05) is 24.4 Å². The minimum Gasteiger partial charge on any atom is -0.396 e. The van der Waals surface area contributed by atoms with Crippen LogP contribution in [0.4, 0.5) is 5.82 Å². The molecule has 0 saturated carbocycles. The van der Waals surface area contributed by atoms with E-state index in [0.717, 1.165) is 70.4 Å². The van der Waals surface area contributed by atoms with Crippen molar-refractivity contribution in [2.45, 2.75) is 52.4 Å². The van der Waals surface area contributed by atoms with Crippen LogP contribution in [0.5, 0.6) is 0 Å². The van der Waals surface area contributed by atoms with Crippen molar-refractivity contribution in [3.63, 3.8) is 0 Å². The molecule has 0 bridgehead atoms. The van der Waals surface area contributed by atoms with Gasteiger partial charge in [-0.05, 0) is 49.8 Å². The zero-order valence-corrected chi connectivity index (χ0v) is 21.9. The summed E-state index contributed by atoms with van der Waals surface area (Å²) in [5, 5.41) is 10.8. The third kappa shape index (κ3) is 4.81. The first-order chi connectivity index (χ1) is 18.0. The number of fused-ring (bicyclic) bond motifs is 2. The Labute approximate surface area is 218 Å². The van der Waals surface area contributed by atoms with Crippen molar-refractivity contribution < 1.29 is 5.11 Å². The van der Waals surface area contributed by atoms with Gasteiger partial charge in [0.15, 0.2) is 0 Å². The number of nitrogens with zero attached hydrogens (tertiary/aromatic N) is 4. The van der Waals surface area contributed by atoms with Crippen LogP contribution in [0.15, 0.2) is 67.0 Å². The third-order valence-corrected chi connectivity index (χ3v) is 7.59. The number of benzene rings is 2. The molecule has 2 aromatic carbocycles. The quantitative estimate of drug-likeness (QED) is 0.236. The average molecular weight is 494 g/mol. The zero-order valence-electron chi connectivity index (χ0n) is 21.9. The lowest BCUT2D eigenvalue weighted by molar-refractivity contribution is 0.209. The molecule has 2 atom stereocenters. The SMILES string of the molecule is CCC(CC[C@@H](CC)CO)c1nc(-c2ccc3c(C)cc(-c4ccccc4)nc3c2)c2c(N)nccn12. The molecule has 0 fully saturated rings. The van der Waals surface area contributed by atoms with E-state index in [0.29, 0.717) is 11.7 Å². The number of imidazole rings is 1. The monoisotopic (exact) mass is 493 g/mol. The predicted molar refractivity (Wildman–Crippen MR) is 151 cm³/mol. The van der Waals surface area contributed by atoms with Crippen molar-refractivity contribution in [2.75, 3.05) is 12.3 Å². The van der Waals surface area contributed by atoms with Crippen LogP contribution < -0.4 is 5.73 Å². The van der Waals surface area contributed by atoms with Gasteiger partial charge in [-0.1, -0.05) is 62.7 Å². The number of rotatable bonds is 9. The molecule has 0 aliphatic rings. The zero-order chi connectivity index (χ0) is 25.9. The minimum atomic E-state index is 0.228. The molecule has 37 heavy (non-hydrogen) atoms. The van der Waals surface area contributed by atoms with E-state index in [1.54, 1.807) is 6.20 Å². The Kier molecular flexibility index (Phi) is 7.19. The topological polar surface area (TPSA) is 89.3 Å². The predicted octanol–water partition coefficient (Wildman–Crippen LogP) is 6.79. The highest BCUT2D eigenvalue weighted by molar-refractivity contribution is 5.92. The van der Waals surface area contributed by atoms with E-state index < -0.39 is 0 Å². The summed E-state index contributed by atoms with van der Waals surface area (Å²) < 4.78 is 2.11. The molecule has 6 nitrogen and oxygen atoms in total. The first-order valence-corrected chi connectivity index (χ1v) is 13.2. The van der Waals surface area contributed by atoms with Crippen LogP contribution in [-0.2, 0) is 0 Å². The highest BCUT2D eigenvalue weighted by atomic mass is 16.3. The van der Waals surface area contributed by atoms with Crippen molar-refractivity contribution >= 4 is 22.2 Å². The van der Waals surface area contributed by atoms with E-state index in [1.165, 1.54) is 5.56 Å². The summed E-state index contributed by atoms with van der Waals surface area (Å²) in [4.78, 5) is 14.6. The van der Waals surface area contributed by atoms with Gasteiger partial charge in [0.1, 0.15) is 22.9 Å². The van der Waals surface area contributed by atoms with E-state index >= 15 is 0 Å². The number of nitrogens with two attached hydrogens (primary N) is 1. The summed E-state index contributed by atoms with van der Waals surface area (Å²) in [5.74, 6) is 2.04. The molecule has 5 aromatic rings. The Morgan fingerprint density at radius 3 is 2.49 bits per heavy atom. The van der Waals surface area contributed by atoms with Crippen molar-refractivity contribution in [1.29, 1.82) is 0 Å². The van der Waals surface area contributed by atoms with Gasteiger partial charge in [-0.15, -0.1) is 0 Å². The highest BCUT2D eigenvalue weighted by Gasteiger charge is 2.23. The third-order valence-electron chi connectivity index (χ3n) is 7.59. The number of hydrogen-bond donors (Lipinski definition) is 2. The van der Waals surface area contributed by atoms with Crippen LogP contribution in [-0.4, -0.2) is 31.1 Å². The highest BCUT2D eigenvalue weighted by Crippen LogP contribution is 2.35. The second kappa shape index (κ2) is 10.7. The first kappa shape index (κ1) is 24.9. The van der Waals surface area contributed by atoms with Gasteiger partial charge in [-0.3, -0.25) is 4.40 Å². The van der Waals surface area contributed by atoms with Gasteiger partial charge in [0.05, 0.1) is 11.2 Å². The van der Waals surface area contributed by atoms with Gasteiger partial charge in [-0.25, -0.2) is 15.0 Å². The van der Waals surface area contributed by atoms with Crippen LogP contribution >= 0.6 is 0 Å². The number of pyridine rings is 1. The van der Waals surface area contributed by atoms with Crippen molar-refractivity contribution in [2.24, 2.45) is 5.92 Å². The van der Waals surface area contributed by atoms with Crippen LogP contribution in [0.1, 0.15) is 56.8 Å². The molecule has 5 rings (SSSR count). The van der Waals surface area contributed by atoms with Crippen molar-refractivity contribution in [3.8, 4) is 22.5 Å². The van der Waals surface area contributed by atoms with Crippen molar-refractivity contribution in [1.82, 2.24) is 19.4 Å². The fraction of sp³-hybridized carbons (Fsp3) is 0.323. The Morgan fingerprint density at radius 2 is 1.76 bits per heavy atom. The second-order valence-corrected chi connectivity index (χ2v) is 9.91. The molecule has 1 unspecified atom stereocenters. The standard InChI is InChI=1S/C31H35N5O/c1-4-21(19-37)11-12-22(5-2)31-35-28(29-30(32)33-15-16-36(29)31)24-13-14-25-20(3)17-26(34-27(25)18-24)23-9-7-6-8-10-23/h6-10,13-18,21-22,37H,4-5,11-12,19H2,1-3H3,(H2,32,33)/t21-,22?/m1/s1. The smallest absolute Gasteiger partial charge is 0.150 e. The molecule has 6 heteroatoms. The summed E-state index contributed by atoms with van der Waals surface area (Å²) >= 11 is 0. The maximum Gasteiger partial charge on any atom is 0.150 e. The molecule has 3 N–H and O–H groups in total. The van der Waals surface area contributed by atoms with Gasteiger partial charge in [0.25, 0.3) is 0 Å². The fourth-order valence-electron chi connectivity index (χ4n) is 5.26. The summed E-state index contributed by atoms with van der Waals surface area (Å²) in [7, 11) is 0. The summed E-state index contributed by atoms with van der Waals surface area (Å²) in [5.41, 5.74) is 13.2. The number of aliphatic hydroxyl groups is 1. The van der Waals surface area contributed by atoms with Crippen LogP contribution in [0, 0.1) is 12.8 Å². The van der Waals surface area contributed by atoms with Gasteiger partial charge in [-0.2, -0.15) is 0 Å². The fourth-order valence-corrected chi connectivity index (χ4v) is 5.26. The summed E-state index contributed by atoms with van der Waals surface area (Å²) in [6.07, 6.45) is 7.57. The number of nitrogen functional groups attached to an aromatic ring is 1. The molecule has 3 aromatic heterocycles. The molecule has 190 valence electrons. The van der Waals surface area contributed by atoms with Crippen LogP contribution in [0.2, 0.25) is 0 Å². The number of aryl methyl sites for hydroxylation is 1. The molecule has 0 aliphatic carbocycles. The molecule has 0 radical (unpaired) electrons. The Hall–Kier alpha value is -3.77. The van der Waals surface area contributed by atoms with E-state index in [2.05, 4.69) is 66.6 Å². The van der Waals surface area contributed by atoms with Gasteiger partial charge < -0.3 is 10.8 Å². The molecule has 3 heterocycles. The van der Waals surface area contributed by atoms with E-state index in [4.69, 9.17) is 15.7 Å². The van der Waals surface area contributed by atoms with Gasteiger partial charge in [0.2, 0.25) is 0 Å². The molecular weight excluding hydrogens is 458 g/mol. The lowest BCUT2D eigenvalue weighted by Gasteiger charge is -2.17. The molecule has 0 amide bonds. The van der Waals surface area contributed by atoms with E-state index in [9.17, 15) is 5.11 Å². The largest absolute Gasteiger partial charge is 0.396 e. The maximum atomic E-state index is 9.69. The molecule has 0 aliphatic heterocycles. The lowest BCUT2D eigenvalue weighted by atomic mass is 9.92. The lowest BCUT2D eigenvalue weighted by Crippen LogP contribution is -2.10. The van der Waals surface area contributed by atoms with Gasteiger partial charge >= 0.3 is 0 Å². The minimum absolute atomic E-state index is 0.228. The van der Waals surface area contributed by atoms with Crippen LogP contribution in [0.25, 0.3) is 38.9 Å². The summed E-state index contributed by atoms with van der Waals surface area (Å²) in [6, 6.07) is 18.8.